The van der Waals surface area contributed by atoms with Crippen LogP contribution in [0.3, 0.4) is 0 Å². The standard InChI is InChI=1S/C30H39N7O5/c1-19-10-13-23-26(35-36(27(23)34-19)15-7-14-32-30(40)41-3)20(2)37(22-11-12-22)29(39)25-18-31-17-24(42-25)28(38)33-16-21-8-5-4-6-9-21/h4-6,8-10,13,20,22,24-25,31H,7,11-12,14-18H2,1-3H3,(H,32,40)(H,33,38)/t20-,24+,25-/m1/s1. The highest BCUT2D eigenvalue weighted by Gasteiger charge is 2.43. The Hall–Kier alpha value is -4.03. The number of methoxy groups -OCH3 is 1. The Balaban J connectivity index is 1.29. The zero-order valence-electron chi connectivity index (χ0n) is 24.3. The third-order valence-electron chi connectivity index (χ3n) is 7.64. The quantitative estimate of drug-likeness (QED) is 0.295. The molecule has 1 aliphatic carbocycles. The van der Waals surface area contributed by atoms with Crippen molar-refractivity contribution in [2.45, 2.75) is 70.5 Å². The Labute approximate surface area is 245 Å². The molecule has 224 valence electrons. The monoisotopic (exact) mass is 577 g/mol. The van der Waals surface area contributed by atoms with Gasteiger partial charge in [0.25, 0.3) is 11.8 Å². The highest BCUT2D eigenvalue weighted by molar-refractivity contribution is 5.86. The van der Waals surface area contributed by atoms with Gasteiger partial charge in [0.05, 0.1) is 18.8 Å². The average molecular weight is 578 g/mol. The Morgan fingerprint density at radius 2 is 1.88 bits per heavy atom. The molecule has 3 heterocycles. The van der Waals surface area contributed by atoms with E-state index in [4.69, 9.17) is 14.8 Å². The summed E-state index contributed by atoms with van der Waals surface area (Å²) >= 11 is 0. The number of aryl methyl sites for hydroxylation is 2. The van der Waals surface area contributed by atoms with Gasteiger partial charge in [0.15, 0.2) is 5.65 Å². The summed E-state index contributed by atoms with van der Waals surface area (Å²) in [5.41, 5.74) is 3.36. The fourth-order valence-corrected chi connectivity index (χ4v) is 5.30. The van der Waals surface area contributed by atoms with E-state index in [1.165, 1.54) is 7.11 Å². The SMILES string of the molecule is COC(=O)NCCCn1nc([C@@H](C)N(C(=O)[C@H]2CNC[C@@H](C(=O)NCc3ccccc3)O2)C2CC2)c2ccc(C)nc21. The summed E-state index contributed by atoms with van der Waals surface area (Å²) in [4.78, 5) is 44.9. The van der Waals surface area contributed by atoms with Crippen molar-refractivity contribution in [2.75, 3.05) is 26.7 Å². The van der Waals surface area contributed by atoms with E-state index < -0.39 is 18.3 Å². The molecule has 2 aliphatic rings. The fourth-order valence-electron chi connectivity index (χ4n) is 5.30. The van der Waals surface area contributed by atoms with Crippen molar-refractivity contribution in [3.8, 4) is 0 Å². The summed E-state index contributed by atoms with van der Waals surface area (Å²) < 4.78 is 12.6. The number of hydrogen-bond acceptors (Lipinski definition) is 8. The van der Waals surface area contributed by atoms with Crippen molar-refractivity contribution in [3.05, 3.63) is 59.4 Å². The van der Waals surface area contributed by atoms with Crippen LogP contribution in [-0.4, -0.2) is 82.6 Å². The zero-order chi connectivity index (χ0) is 29.6. The Kier molecular flexibility index (Phi) is 9.33. The van der Waals surface area contributed by atoms with E-state index >= 15 is 0 Å². The van der Waals surface area contributed by atoms with E-state index in [1.807, 2.05) is 65.9 Å². The number of nitrogens with zero attached hydrogens (tertiary/aromatic N) is 4. The number of pyridine rings is 1. The molecule has 12 nitrogen and oxygen atoms in total. The number of morpholine rings is 1. The van der Waals surface area contributed by atoms with Gasteiger partial charge >= 0.3 is 6.09 Å². The predicted molar refractivity (Wildman–Crippen MR) is 155 cm³/mol. The normalized spacial score (nSPS) is 19.2. The summed E-state index contributed by atoms with van der Waals surface area (Å²) in [6.45, 7) is 5.96. The number of rotatable bonds is 11. The molecule has 0 unspecified atom stereocenters. The summed E-state index contributed by atoms with van der Waals surface area (Å²) in [6.07, 6.45) is 0.429. The van der Waals surface area contributed by atoms with E-state index in [-0.39, 0.29) is 23.9 Å². The van der Waals surface area contributed by atoms with Crippen molar-refractivity contribution in [1.82, 2.24) is 35.6 Å². The fraction of sp³-hybridized carbons (Fsp3) is 0.500. The van der Waals surface area contributed by atoms with Gasteiger partial charge in [-0.15, -0.1) is 0 Å². The second-order valence-electron chi connectivity index (χ2n) is 10.8. The van der Waals surface area contributed by atoms with E-state index in [0.29, 0.717) is 39.1 Å². The van der Waals surface area contributed by atoms with Crippen LogP contribution < -0.4 is 16.0 Å². The molecule has 5 rings (SSSR count). The highest BCUT2D eigenvalue weighted by atomic mass is 16.5. The number of fused-ring (bicyclic) bond motifs is 1. The minimum absolute atomic E-state index is 0.0891. The second kappa shape index (κ2) is 13.3. The number of alkyl carbamates (subject to hydrolysis) is 1. The van der Waals surface area contributed by atoms with Crippen molar-refractivity contribution in [1.29, 1.82) is 0 Å². The van der Waals surface area contributed by atoms with E-state index in [9.17, 15) is 14.4 Å². The molecule has 2 aromatic heterocycles. The first-order valence-electron chi connectivity index (χ1n) is 14.5. The molecule has 3 amide bonds. The van der Waals surface area contributed by atoms with Gasteiger partial charge in [-0.2, -0.15) is 5.10 Å². The molecule has 3 atom stereocenters. The number of ether oxygens (including phenoxy) is 2. The van der Waals surface area contributed by atoms with Crippen LogP contribution in [0, 0.1) is 6.92 Å². The first kappa shape index (κ1) is 29.5. The maximum atomic E-state index is 14.0. The molecule has 0 spiro atoms. The van der Waals surface area contributed by atoms with Gasteiger partial charge in [0.1, 0.15) is 12.2 Å². The molecule has 1 saturated heterocycles. The van der Waals surface area contributed by atoms with Crippen LogP contribution in [0.4, 0.5) is 4.79 Å². The Morgan fingerprint density at radius 3 is 2.62 bits per heavy atom. The number of carbonyl (C=O) groups is 3. The number of amides is 3. The van der Waals surface area contributed by atoms with Crippen LogP contribution in [0.25, 0.3) is 11.0 Å². The first-order chi connectivity index (χ1) is 20.4. The van der Waals surface area contributed by atoms with Crippen LogP contribution in [0.15, 0.2) is 42.5 Å². The molecular formula is C30H39N7O5. The maximum Gasteiger partial charge on any atom is 0.406 e. The van der Waals surface area contributed by atoms with Crippen LogP contribution in [0.1, 0.15) is 49.2 Å². The Bertz CT molecular complexity index is 1410. The smallest absolute Gasteiger partial charge is 0.406 e. The van der Waals surface area contributed by atoms with Gasteiger partial charge in [-0.1, -0.05) is 30.3 Å². The van der Waals surface area contributed by atoms with E-state index in [2.05, 4.69) is 20.7 Å². The second-order valence-corrected chi connectivity index (χ2v) is 10.8. The molecule has 2 fully saturated rings. The van der Waals surface area contributed by atoms with Gasteiger partial charge in [-0.05, 0) is 50.8 Å². The molecule has 0 bridgehead atoms. The number of aromatic nitrogens is 3. The minimum Gasteiger partial charge on any atom is -0.453 e. The van der Waals surface area contributed by atoms with Gasteiger partial charge in [-0.3, -0.25) is 9.59 Å². The van der Waals surface area contributed by atoms with Crippen LogP contribution in [0.5, 0.6) is 0 Å². The Morgan fingerprint density at radius 1 is 1.12 bits per heavy atom. The number of hydrogen-bond donors (Lipinski definition) is 3. The van der Waals surface area contributed by atoms with E-state index in [0.717, 1.165) is 40.8 Å². The number of carbonyl (C=O) groups excluding carboxylic acids is 3. The maximum absolute atomic E-state index is 14.0. The predicted octanol–water partition coefficient (Wildman–Crippen LogP) is 2.21. The number of nitrogens with one attached hydrogen (secondary N) is 3. The van der Waals surface area contributed by atoms with Crippen molar-refractivity contribution < 1.29 is 23.9 Å². The van der Waals surface area contributed by atoms with E-state index in [1.54, 1.807) is 0 Å². The molecule has 1 aliphatic heterocycles. The lowest BCUT2D eigenvalue weighted by atomic mass is 10.1. The molecule has 3 N–H and O–H groups in total. The molecule has 42 heavy (non-hydrogen) atoms. The molecular weight excluding hydrogens is 538 g/mol. The lowest BCUT2D eigenvalue weighted by Gasteiger charge is -2.35. The van der Waals surface area contributed by atoms with Gasteiger partial charge < -0.3 is 30.3 Å². The highest BCUT2D eigenvalue weighted by Crippen LogP contribution is 2.37. The molecule has 1 saturated carbocycles. The largest absolute Gasteiger partial charge is 0.453 e. The van der Waals surface area contributed by atoms with Crippen molar-refractivity contribution in [2.24, 2.45) is 0 Å². The summed E-state index contributed by atoms with van der Waals surface area (Å²) in [5, 5.41) is 14.6. The van der Waals surface area contributed by atoms with Gasteiger partial charge in [0, 0.05) is 49.8 Å². The number of benzene rings is 1. The summed E-state index contributed by atoms with van der Waals surface area (Å²) in [6, 6.07) is 13.4. The van der Waals surface area contributed by atoms with Gasteiger partial charge in [0.2, 0.25) is 0 Å². The summed E-state index contributed by atoms with van der Waals surface area (Å²) in [5.74, 6) is -0.397. The van der Waals surface area contributed by atoms with Crippen LogP contribution in [0.2, 0.25) is 0 Å². The van der Waals surface area contributed by atoms with Crippen molar-refractivity contribution >= 4 is 28.9 Å². The first-order valence-corrected chi connectivity index (χ1v) is 14.5. The lowest BCUT2D eigenvalue weighted by Crippen LogP contribution is -2.57. The van der Waals surface area contributed by atoms with Crippen LogP contribution >= 0.6 is 0 Å². The average Bonchev–Trinajstić information content (AvgIpc) is 3.79. The van der Waals surface area contributed by atoms with Crippen LogP contribution in [-0.2, 0) is 32.2 Å². The third-order valence-corrected chi connectivity index (χ3v) is 7.64. The van der Waals surface area contributed by atoms with Gasteiger partial charge in [-0.25, -0.2) is 14.5 Å². The minimum atomic E-state index is -0.785. The zero-order valence-corrected chi connectivity index (χ0v) is 24.3. The van der Waals surface area contributed by atoms with Crippen molar-refractivity contribution in [3.63, 3.8) is 0 Å². The third kappa shape index (κ3) is 6.88. The molecule has 1 aromatic carbocycles. The topological polar surface area (TPSA) is 140 Å². The molecule has 0 radical (unpaired) electrons. The molecule has 12 heteroatoms. The summed E-state index contributed by atoms with van der Waals surface area (Å²) in [7, 11) is 1.33. The molecule has 3 aromatic rings. The lowest BCUT2D eigenvalue weighted by molar-refractivity contribution is -0.158.